The fourth-order valence-corrected chi connectivity index (χ4v) is 6.27. The molecule has 0 spiro atoms. The Morgan fingerprint density at radius 2 is 1.38 bits per heavy atom. The Kier molecular flexibility index (Phi) is 11.6. The van der Waals surface area contributed by atoms with Crippen molar-refractivity contribution in [3.63, 3.8) is 0 Å². The Labute approximate surface area is 283 Å². The smallest absolute Gasteiger partial charge is 0.254 e. The normalized spacial score (nSPS) is 14.6. The summed E-state index contributed by atoms with van der Waals surface area (Å²) in [6, 6.07) is 28.6. The first-order valence-corrected chi connectivity index (χ1v) is 17.5. The molecule has 0 bridgehead atoms. The van der Waals surface area contributed by atoms with Crippen molar-refractivity contribution in [2.45, 2.75) is 51.0 Å². The van der Waals surface area contributed by atoms with Crippen LogP contribution in [0.4, 0.5) is 5.69 Å². The molecule has 4 aromatic carbocycles. The van der Waals surface area contributed by atoms with Crippen molar-refractivity contribution in [3.8, 4) is 5.75 Å². The number of sulfonamides is 1. The molecule has 2 amide bonds. The van der Waals surface area contributed by atoms with Crippen LogP contribution in [0.2, 0.25) is 0 Å². The number of aliphatic hydroxyl groups is 1. The molecule has 254 valence electrons. The molecule has 4 unspecified atom stereocenters. The number of nitrogens with zero attached hydrogens (tertiary/aromatic N) is 2. The van der Waals surface area contributed by atoms with E-state index in [1.165, 1.54) is 25.2 Å². The summed E-state index contributed by atoms with van der Waals surface area (Å²) in [5, 5.41) is 15.8. The lowest BCUT2D eigenvalue weighted by Gasteiger charge is -2.41. The Morgan fingerprint density at radius 1 is 0.812 bits per heavy atom. The number of hydrogen-bond acceptors (Lipinski definition) is 7. The third-order valence-electron chi connectivity index (χ3n) is 8.70. The van der Waals surface area contributed by atoms with Crippen LogP contribution in [0, 0.1) is 0 Å². The number of carbonyl (C=O) groups is 2. The standard InChI is InChI=1S/C37H44N4O6S/c1-24(27-14-9-7-10-15-27)39-34(28-16-11-8-12-17-28)35(42)26(3)41(25(2)29-18-13-19-33(23-29)47-5)37(44)31-20-30(36(38)43)21-32(22-31)40(4)48(6,45)46/h7-26,34-35,39,42H,1-6H3,(H2,38,43)/t24-,25?,26?,34?,35?/m0/s1. The fourth-order valence-electron chi connectivity index (χ4n) is 5.78. The van der Waals surface area contributed by atoms with Crippen molar-refractivity contribution in [2.24, 2.45) is 5.73 Å². The van der Waals surface area contributed by atoms with Crippen molar-refractivity contribution in [1.29, 1.82) is 0 Å². The molecular formula is C37H44N4O6S. The van der Waals surface area contributed by atoms with Crippen molar-refractivity contribution in [3.05, 3.63) is 131 Å². The summed E-state index contributed by atoms with van der Waals surface area (Å²) in [4.78, 5) is 28.6. The van der Waals surface area contributed by atoms with E-state index in [1.54, 1.807) is 25.0 Å². The van der Waals surface area contributed by atoms with Gasteiger partial charge in [0.05, 0.1) is 43.3 Å². The second-order valence-electron chi connectivity index (χ2n) is 11.9. The van der Waals surface area contributed by atoms with Gasteiger partial charge in [0.1, 0.15) is 5.75 Å². The highest BCUT2D eigenvalue weighted by Gasteiger charge is 2.37. The number of benzene rings is 4. The van der Waals surface area contributed by atoms with E-state index in [2.05, 4.69) is 5.32 Å². The number of anilines is 1. The molecule has 0 saturated carbocycles. The Bertz CT molecular complexity index is 1820. The van der Waals surface area contributed by atoms with Crippen LogP contribution in [0.1, 0.15) is 76.3 Å². The van der Waals surface area contributed by atoms with Crippen LogP contribution in [0.3, 0.4) is 0 Å². The van der Waals surface area contributed by atoms with Crippen molar-refractivity contribution in [2.75, 3.05) is 24.7 Å². The minimum absolute atomic E-state index is 0.0333. The first kappa shape index (κ1) is 36.1. The van der Waals surface area contributed by atoms with E-state index in [4.69, 9.17) is 10.5 Å². The van der Waals surface area contributed by atoms with Crippen LogP contribution < -0.4 is 20.1 Å². The first-order valence-electron chi connectivity index (χ1n) is 15.6. The molecule has 5 atom stereocenters. The van der Waals surface area contributed by atoms with Gasteiger partial charge in [-0.2, -0.15) is 0 Å². The minimum atomic E-state index is -3.74. The average molecular weight is 673 g/mol. The molecule has 4 aromatic rings. The molecular weight excluding hydrogens is 628 g/mol. The number of aliphatic hydroxyl groups excluding tert-OH is 1. The Balaban J connectivity index is 1.84. The highest BCUT2D eigenvalue weighted by atomic mass is 32.2. The van der Waals surface area contributed by atoms with Gasteiger partial charge in [-0.05, 0) is 67.8 Å². The number of ether oxygens (including phenoxy) is 1. The molecule has 4 N–H and O–H groups in total. The zero-order valence-corrected chi connectivity index (χ0v) is 28.9. The van der Waals surface area contributed by atoms with Crippen molar-refractivity contribution >= 4 is 27.5 Å². The zero-order valence-electron chi connectivity index (χ0n) is 28.1. The summed E-state index contributed by atoms with van der Waals surface area (Å²) >= 11 is 0. The van der Waals surface area contributed by atoms with E-state index in [1.807, 2.05) is 92.7 Å². The summed E-state index contributed by atoms with van der Waals surface area (Å²) in [6.45, 7) is 5.63. The summed E-state index contributed by atoms with van der Waals surface area (Å²) < 4.78 is 31.3. The molecule has 10 nitrogen and oxygen atoms in total. The topological polar surface area (TPSA) is 142 Å². The summed E-state index contributed by atoms with van der Waals surface area (Å²) in [6.07, 6.45) is -0.109. The first-order chi connectivity index (χ1) is 22.7. The number of nitrogens with one attached hydrogen (secondary N) is 1. The van der Waals surface area contributed by atoms with Gasteiger partial charge in [0.25, 0.3) is 5.91 Å². The number of nitrogens with two attached hydrogens (primary N) is 1. The van der Waals surface area contributed by atoms with Crippen LogP contribution in [-0.4, -0.2) is 62.8 Å². The summed E-state index contributed by atoms with van der Waals surface area (Å²) in [5.41, 5.74) is 8.33. The molecule has 0 aromatic heterocycles. The van der Waals surface area contributed by atoms with E-state index in [9.17, 15) is 23.1 Å². The Morgan fingerprint density at radius 3 is 1.94 bits per heavy atom. The minimum Gasteiger partial charge on any atom is -0.497 e. The van der Waals surface area contributed by atoms with Gasteiger partial charge in [0.2, 0.25) is 15.9 Å². The molecule has 4 rings (SSSR count). The van der Waals surface area contributed by atoms with Crippen LogP contribution in [0.5, 0.6) is 5.75 Å². The lowest BCUT2D eigenvalue weighted by Crippen LogP contribution is -2.51. The zero-order chi connectivity index (χ0) is 35.2. The quantitative estimate of drug-likeness (QED) is 0.166. The van der Waals surface area contributed by atoms with Crippen molar-refractivity contribution in [1.82, 2.24) is 10.2 Å². The molecule has 0 aliphatic heterocycles. The Hall–Kier alpha value is -4.71. The average Bonchev–Trinajstić information content (AvgIpc) is 3.09. The van der Waals surface area contributed by atoms with Gasteiger partial charge in [-0.1, -0.05) is 72.8 Å². The van der Waals surface area contributed by atoms with Gasteiger partial charge < -0.3 is 25.8 Å². The second kappa shape index (κ2) is 15.5. The SMILES string of the molecule is COc1cccc(C(C)N(C(=O)c2cc(C(N)=O)cc(N(C)S(C)(=O)=O)c2)C(C)C(O)C(N[C@@H](C)c2ccccc2)c2ccccc2)c1. The van der Waals surface area contributed by atoms with E-state index in [-0.39, 0.29) is 22.9 Å². The number of amides is 2. The molecule has 0 aliphatic rings. The summed E-state index contributed by atoms with van der Waals surface area (Å²) in [5.74, 6) is -0.768. The van der Waals surface area contributed by atoms with E-state index >= 15 is 0 Å². The molecule has 11 heteroatoms. The van der Waals surface area contributed by atoms with Crippen molar-refractivity contribution < 1.29 is 27.9 Å². The van der Waals surface area contributed by atoms with Gasteiger partial charge in [0, 0.05) is 24.2 Å². The number of rotatable bonds is 14. The third kappa shape index (κ3) is 8.41. The van der Waals surface area contributed by atoms with Crippen LogP contribution in [0.25, 0.3) is 0 Å². The van der Waals surface area contributed by atoms with Crippen LogP contribution in [0.15, 0.2) is 103 Å². The van der Waals surface area contributed by atoms with E-state index in [0.717, 1.165) is 27.3 Å². The summed E-state index contributed by atoms with van der Waals surface area (Å²) in [7, 11) is -0.856. The molecule has 0 radical (unpaired) electrons. The maximum atomic E-state index is 14.7. The maximum Gasteiger partial charge on any atom is 0.254 e. The van der Waals surface area contributed by atoms with Crippen LogP contribution in [-0.2, 0) is 10.0 Å². The lowest BCUT2D eigenvalue weighted by atomic mass is 9.92. The number of methoxy groups -OCH3 is 1. The van der Waals surface area contributed by atoms with Gasteiger partial charge >= 0.3 is 0 Å². The number of carbonyl (C=O) groups excluding carboxylic acids is 2. The van der Waals surface area contributed by atoms with E-state index < -0.39 is 46.1 Å². The van der Waals surface area contributed by atoms with E-state index in [0.29, 0.717) is 5.75 Å². The lowest BCUT2D eigenvalue weighted by molar-refractivity contribution is 0.0117. The fraction of sp³-hybridized carbons (Fsp3) is 0.297. The predicted octanol–water partition coefficient (Wildman–Crippen LogP) is 5.23. The molecule has 0 fully saturated rings. The predicted molar refractivity (Wildman–Crippen MR) is 188 cm³/mol. The van der Waals surface area contributed by atoms with Gasteiger partial charge in [0.15, 0.2) is 0 Å². The third-order valence-corrected chi connectivity index (χ3v) is 9.91. The molecule has 48 heavy (non-hydrogen) atoms. The van der Waals surface area contributed by atoms with Gasteiger partial charge in [-0.15, -0.1) is 0 Å². The largest absolute Gasteiger partial charge is 0.497 e. The molecule has 0 saturated heterocycles. The maximum absolute atomic E-state index is 14.7. The van der Waals surface area contributed by atoms with Gasteiger partial charge in [-0.25, -0.2) is 8.42 Å². The second-order valence-corrected chi connectivity index (χ2v) is 14.0. The highest BCUT2D eigenvalue weighted by Crippen LogP contribution is 2.33. The van der Waals surface area contributed by atoms with Gasteiger partial charge in [-0.3, -0.25) is 13.9 Å². The van der Waals surface area contributed by atoms with Crippen LogP contribution >= 0.6 is 0 Å². The molecule has 0 aliphatic carbocycles. The number of hydrogen-bond donors (Lipinski definition) is 3. The number of primary amides is 1. The molecule has 0 heterocycles. The highest BCUT2D eigenvalue weighted by molar-refractivity contribution is 7.92. The monoisotopic (exact) mass is 672 g/mol.